The fourth-order valence-corrected chi connectivity index (χ4v) is 7.41. The molecule has 1 atom stereocenters. The average molecular weight is 873 g/mol. The van der Waals surface area contributed by atoms with Gasteiger partial charge in [-0.05, 0) is 79.3 Å². The third-order valence-electron chi connectivity index (χ3n) is 10.1. The van der Waals surface area contributed by atoms with Gasteiger partial charge in [0.2, 0.25) is 11.9 Å². The first kappa shape index (κ1) is 41.4. The summed E-state index contributed by atoms with van der Waals surface area (Å²) in [5.41, 5.74) is 7.24. The highest BCUT2D eigenvalue weighted by Crippen LogP contribution is 2.57. The lowest BCUT2D eigenvalue weighted by atomic mass is 9.77. The fraction of sp³-hybridized carbons (Fsp3) is 0.167. The molecule has 8 rings (SSSR count). The second-order valence-electron chi connectivity index (χ2n) is 14.3. The van der Waals surface area contributed by atoms with Gasteiger partial charge in [-0.2, -0.15) is 4.98 Å². The number of fused-ring (bicyclic) bond motifs is 7. The van der Waals surface area contributed by atoms with Gasteiger partial charge in [-0.1, -0.05) is 6.07 Å². The Morgan fingerprint density at radius 1 is 0.857 bits per heavy atom. The molecule has 63 heavy (non-hydrogen) atoms. The predicted octanol–water partition coefficient (Wildman–Crippen LogP) is 2.95. The van der Waals surface area contributed by atoms with Gasteiger partial charge in [0.1, 0.15) is 29.0 Å². The molecule has 4 aromatic carbocycles. The molecule has 0 bridgehead atoms. The number of ether oxygens (including phenoxy) is 2. The van der Waals surface area contributed by atoms with Gasteiger partial charge in [0.15, 0.2) is 21.9 Å². The van der Waals surface area contributed by atoms with Crippen molar-refractivity contribution in [1.82, 2.24) is 35.9 Å². The van der Waals surface area contributed by atoms with Crippen molar-refractivity contribution in [2.45, 2.75) is 31.0 Å². The van der Waals surface area contributed by atoms with Crippen LogP contribution >= 0.6 is 12.2 Å². The zero-order valence-electron chi connectivity index (χ0n) is 32.7. The number of aromatic amines is 1. The third kappa shape index (κ3) is 8.52. The molecule has 21 heteroatoms. The molecule has 0 radical (unpaired) electrons. The number of nitrogen functional groups attached to an aromatic ring is 1. The number of aliphatic carboxylic acids is 1. The first-order chi connectivity index (χ1) is 30.3. The minimum atomic E-state index is -1.41. The maximum absolute atomic E-state index is 13.4. The van der Waals surface area contributed by atoms with Crippen molar-refractivity contribution >= 4 is 69.6 Å². The molecule has 2 aromatic heterocycles. The van der Waals surface area contributed by atoms with E-state index < -0.39 is 41.0 Å². The van der Waals surface area contributed by atoms with Crippen LogP contribution in [0.15, 0.2) is 89.9 Å². The largest absolute Gasteiger partial charge is 0.508 e. The molecule has 320 valence electrons. The number of hydrogen-bond acceptors (Lipinski definition) is 15. The smallest absolute Gasteiger partial charge is 0.340 e. The second-order valence-corrected chi connectivity index (χ2v) is 14.8. The van der Waals surface area contributed by atoms with Gasteiger partial charge >= 0.3 is 11.9 Å². The highest BCUT2D eigenvalue weighted by Gasteiger charge is 2.53. The zero-order chi connectivity index (χ0) is 44.4. The molecule has 2 aliphatic rings. The quantitative estimate of drug-likeness (QED) is 0.0453. The number of anilines is 3. The van der Waals surface area contributed by atoms with Gasteiger partial charge in [0.05, 0.1) is 24.0 Å². The minimum absolute atomic E-state index is 0.0374. The lowest BCUT2D eigenvalue weighted by Crippen LogP contribution is -2.42. The topological polar surface area (TPSA) is 305 Å². The molecule has 2 amide bonds. The SMILES string of the molecule is Nc1nc2ncc(CNc3ccc(C(=O)N[C@@H](CCC(=O)NCCNC(=S)Nc4ccc5c(c4)C(=O)OC54c5ccc(O)cc5Oc5cc(O)ccc54)C(=O)O)cc3)nc2c(=O)[nH]1. The average Bonchev–Trinajstić information content (AvgIpc) is 3.53. The molecule has 0 saturated carbocycles. The number of nitrogens with one attached hydrogen (secondary N) is 6. The molecular formula is C42H36N10O10S. The van der Waals surface area contributed by atoms with Gasteiger partial charge in [-0.3, -0.25) is 19.4 Å². The van der Waals surface area contributed by atoms with E-state index in [1.54, 1.807) is 42.5 Å². The van der Waals surface area contributed by atoms with Crippen LogP contribution in [0, 0.1) is 0 Å². The Morgan fingerprint density at radius 2 is 1.52 bits per heavy atom. The van der Waals surface area contributed by atoms with E-state index in [0.717, 1.165) is 0 Å². The van der Waals surface area contributed by atoms with Crippen molar-refractivity contribution in [1.29, 1.82) is 0 Å². The normalized spacial score (nSPS) is 13.4. The Morgan fingerprint density at radius 3 is 2.22 bits per heavy atom. The summed E-state index contributed by atoms with van der Waals surface area (Å²) in [5, 5.41) is 44.4. The number of aromatic hydroxyl groups is 2. The summed E-state index contributed by atoms with van der Waals surface area (Å²) in [6.07, 6.45) is 1.09. The number of aromatic nitrogens is 4. The number of thiocarbonyl (C=S) groups is 1. The van der Waals surface area contributed by atoms with Crippen LogP contribution in [0.4, 0.5) is 17.3 Å². The zero-order valence-corrected chi connectivity index (χ0v) is 33.5. The molecule has 4 heterocycles. The highest BCUT2D eigenvalue weighted by atomic mass is 32.1. The maximum Gasteiger partial charge on any atom is 0.340 e. The number of amides is 2. The number of carbonyl (C=O) groups is 4. The number of hydrogen-bond donors (Lipinski definition) is 10. The summed E-state index contributed by atoms with van der Waals surface area (Å²) in [6.45, 7) is 0.533. The van der Waals surface area contributed by atoms with Gasteiger partial charge < -0.3 is 57.1 Å². The number of H-pyrrole nitrogens is 1. The number of phenols is 2. The Balaban J connectivity index is 0.792. The number of rotatable bonds is 13. The van der Waals surface area contributed by atoms with E-state index in [-0.39, 0.29) is 88.8 Å². The number of esters is 1. The van der Waals surface area contributed by atoms with Crippen LogP contribution in [-0.4, -0.2) is 83.3 Å². The number of carbonyl (C=O) groups excluding carboxylic acids is 3. The summed E-state index contributed by atoms with van der Waals surface area (Å²) >= 11 is 5.43. The van der Waals surface area contributed by atoms with Crippen molar-refractivity contribution in [3.63, 3.8) is 0 Å². The molecule has 0 saturated heterocycles. The highest BCUT2D eigenvalue weighted by molar-refractivity contribution is 7.80. The predicted molar refractivity (Wildman–Crippen MR) is 230 cm³/mol. The molecular weight excluding hydrogens is 837 g/mol. The van der Waals surface area contributed by atoms with E-state index >= 15 is 0 Å². The van der Waals surface area contributed by atoms with E-state index in [4.69, 9.17) is 27.4 Å². The Hall–Kier alpha value is -8.33. The Kier molecular flexibility index (Phi) is 11.2. The van der Waals surface area contributed by atoms with Crippen molar-refractivity contribution in [2.24, 2.45) is 0 Å². The second kappa shape index (κ2) is 17.0. The number of benzene rings is 4. The summed E-state index contributed by atoms with van der Waals surface area (Å²) in [7, 11) is 0. The molecule has 2 aliphatic heterocycles. The number of carboxylic acid groups (broad SMARTS) is 1. The maximum atomic E-state index is 13.4. The van der Waals surface area contributed by atoms with E-state index in [2.05, 4.69) is 46.5 Å². The molecule has 20 nitrogen and oxygen atoms in total. The molecule has 6 aromatic rings. The number of phenolic OH excluding ortho intramolecular Hbond substituents is 2. The summed E-state index contributed by atoms with van der Waals surface area (Å²) in [5.74, 6) is -2.67. The molecule has 11 N–H and O–H groups in total. The van der Waals surface area contributed by atoms with Crippen LogP contribution in [0.1, 0.15) is 55.9 Å². The number of nitrogens with two attached hydrogens (primary N) is 1. The van der Waals surface area contributed by atoms with Crippen LogP contribution in [0.5, 0.6) is 23.0 Å². The minimum Gasteiger partial charge on any atom is -0.508 e. The van der Waals surface area contributed by atoms with Crippen LogP contribution in [0.2, 0.25) is 0 Å². The van der Waals surface area contributed by atoms with Crippen LogP contribution in [0.25, 0.3) is 11.2 Å². The number of nitrogens with zero attached hydrogens (tertiary/aromatic N) is 3. The van der Waals surface area contributed by atoms with Gasteiger partial charge in [-0.25, -0.2) is 19.6 Å². The molecule has 0 aliphatic carbocycles. The van der Waals surface area contributed by atoms with Crippen molar-refractivity contribution in [3.05, 3.63) is 129 Å². The van der Waals surface area contributed by atoms with Crippen LogP contribution < -0.4 is 42.6 Å². The van der Waals surface area contributed by atoms with Gasteiger partial charge in [0.25, 0.3) is 11.5 Å². The summed E-state index contributed by atoms with van der Waals surface area (Å²) in [4.78, 5) is 77.7. The molecule has 0 fully saturated rings. The van der Waals surface area contributed by atoms with E-state index in [9.17, 15) is 39.3 Å². The molecule has 0 unspecified atom stereocenters. The van der Waals surface area contributed by atoms with Crippen LogP contribution in [0.3, 0.4) is 0 Å². The lowest BCUT2D eigenvalue weighted by molar-refractivity contribution is -0.139. The standard InChI is InChI=1S/C42H36N10O10S/c43-40-51-35-34(37(57)52-40)48-23(19-47-35)18-46-21-3-1-20(2-4-21)36(56)50-30(38(58)59)11-12-33(55)44-13-14-45-41(63)49-22-5-8-27-26(15-22)39(60)62-42(27)28-9-6-24(53)16-31(28)61-32-17-25(54)7-10-29(32)42/h1-10,15-17,19,30,46,53-54H,11-14,18H2,(H,44,55)(H,50,56)(H,58,59)(H2,45,49,63)(H3,43,47,51,52,57)/t30-/m0/s1. The molecule has 1 spiro atoms. The monoisotopic (exact) mass is 872 g/mol. The van der Waals surface area contributed by atoms with Gasteiger partial charge in [-0.15, -0.1) is 0 Å². The van der Waals surface area contributed by atoms with Crippen molar-refractivity contribution in [3.8, 4) is 23.0 Å². The lowest BCUT2D eigenvalue weighted by Gasteiger charge is -2.36. The van der Waals surface area contributed by atoms with E-state index in [1.807, 2.05) is 0 Å². The van der Waals surface area contributed by atoms with E-state index in [0.29, 0.717) is 33.8 Å². The van der Waals surface area contributed by atoms with Gasteiger partial charge in [0, 0.05) is 65.3 Å². The summed E-state index contributed by atoms with van der Waals surface area (Å²) < 4.78 is 12.1. The first-order valence-corrected chi connectivity index (χ1v) is 19.6. The Labute approximate surface area is 360 Å². The fourth-order valence-electron chi connectivity index (χ4n) is 7.19. The first-order valence-electron chi connectivity index (χ1n) is 19.2. The Bertz CT molecular complexity index is 2860. The third-order valence-corrected chi connectivity index (χ3v) is 10.4. The summed E-state index contributed by atoms with van der Waals surface area (Å²) in [6, 6.07) is 18.9. The number of carboxylic acids is 1. The van der Waals surface area contributed by atoms with E-state index in [1.165, 1.54) is 42.6 Å². The van der Waals surface area contributed by atoms with Crippen LogP contribution in [-0.2, 0) is 26.5 Å². The van der Waals surface area contributed by atoms with Crippen molar-refractivity contribution in [2.75, 3.05) is 29.5 Å². The van der Waals surface area contributed by atoms with Crippen molar-refractivity contribution < 1.29 is 44.0 Å².